The molecule has 0 spiro atoms. The number of halogens is 1. The van der Waals surface area contributed by atoms with E-state index < -0.39 is 0 Å². The zero-order valence-corrected chi connectivity index (χ0v) is 9.06. The Morgan fingerprint density at radius 3 is 2.23 bits per heavy atom. The molecular weight excluding hydrogens is 165 g/mol. The summed E-state index contributed by atoms with van der Waals surface area (Å²) in [6.45, 7) is 9.86. The van der Waals surface area contributed by atoms with E-state index in [1.165, 1.54) is 0 Å². The highest BCUT2D eigenvalue weighted by molar-refractivity contribution is 5.20. The van der Waals surface area contributed by atoms with Crippen LogP contribution in [0.25, 0.3) is 0 Å². The molecule has 0 aliphatic carbocycles. The zero-order chi connectivity index (χ0) is 10.4. The summed E-state index contributed by atoms with van der Waals surface area (Å²) in [5.74, 6) is 0.0520. The number of nitrogens with zero attached hydrogens (tertiary/aromatic N) is 1. The van der Waals surface area contributed by atoms with Gasteiger partial charge < -0.3 is 0 Å². The Kier molecular flexibility index (Phi) is 5.28. The van der Waals surface area contributed by atoms with Gasteiger partial charge in [-0.25, -0.2) is 4.98 Å². The zero-order valence-electron chi connectivity index (χ0n) is 9.06. The minimum Gasteiger partial charge on any atom is -0.228 e. The van der Waals surface area contributed by atoms with Crippen LogP contribution in [0.4, 0.5) is 4.39 Å². The first-order valence-electron chi connectivity index (χ1n) is 4.73. The van der Waals surface area contributed by atoms with Crippen molar-refractivity contribution in [3.63, 3.8) is 0 Å². The molecule has 0 radical (unpaired) electrons. The maximum absolute atomic E-state index is 12.7. The van der Waals surface area contributed by atoms with E-state index in [4.69, 9.17) is 0 Å². The quantitative estimate of drug-likeness (QED) is 0.605. The van der Waals surface area contributed by atoms with Crippen LogP contribution in [0.15, 0.2) is 12.3 Å². The Labute approximate surface area is 80.0 Å². The molecule has 0 atom stereocenters. The molecule has 74 valence electrons. The monoisotopic (exact) mass is 183 g/mol. The lowest BCUT2D eigenvalue weighted by atomic mass is 10.0. The predicted octanol–water partition coefficient (Wildman–Crippen LogP) is 3.68. The molecule has 2 heteroatoms. The van der Waals surface area contributed by atoms with Crippen molar-refractivity contribution in [3.8, 4) is 0 Å². The van der Waals surface area contributed by atoms with Crippen molar-refractivity contribution in [3.05, 3.63) is 29.3 Å². The van der Waals surface area contributed by atoms with Crippen molar-refractivity contribution >= 4 is 0 Å². The van der Waals surface area contributed by atoms with Crippen molar-refractivity contribution in [1.82, 2.24) is 4.98 Å². The molecule has 13 heavy (non-hydrogen) atoms. The fraction of sp³-hybridized carbons (Fsp3) is 0.545. The van der Waals surface area contributed by atoms with Crippen LogP contribution in [-0.2, 0) is 0 Å². The molecule has 1 heterocycles. The van der Waals surface area contributed by atoms with Gasteiger partial charge in [-0.1, -0.05) is 27.7 Å². The highest BCUT2D eigenvalue weighted by Gasteiger charge is 2.02. The van der Waals surface area contributed by atoms with Gasteiger partial charge in [0.1, 0.15) is 0 Å². The lowest BCUT2D eigenvalue weighted by molar-refractivity contribution is 0.571. The van der Waals surface area contributed by atoms with Crippen LogP contribution in [-0.4, -0.2) is 4.98 Å². The smallest absolute Gasteiger partial charge is 0.215 e. The summed E-state index contributed by atoms with van der Waals surface area (Å²) in [4.78, 5) is 3.63. The first-order chi connectivity index (χ1) is 6.11. The third kappa shape index (κ3) is 3.53. The lowest BCUT2D eigenvalue weighted by Gasteiger charge is -2.04. The van der Waals surface area contributed by atoms with Gasteiger partial charge in [0, 0.05) is 11.8 Å². The molecule has 0 N–H and O–H groups in total. The van der Waals surface area contributed by atoms with E-state index in [1.807, 2.05) is 19.9 Å². The number of aromatic nitrogens is 1. The Hall–Kier alpha value is -0.920. The van der Waals surface area contributed by atoms with Gasteiger partial charge >= 0.3 is 0 Å². The molecule has 0 saturated carbocycles. The van der Waals surface area contributed by atoms with E-state index in [1.54, 1.807) is 13.1 Å². The van der Waals surface area contributed by atoms with Crippen LogP contribution in [0, 0.1) is 12.9 Å². The van der Waals surface area contributed by atoms with E-state index in [0.717, 1.165) is 5.56 Å². The second-order valence-electron chi connectivity index (χ2n) is 3.03. The van der Waals surface area contributed by atoms with Crippen LogP contribution in [0.1, 0.15) is 44.7 Å². The molecule has 0 aliphatic heterocycles. The van der Waals surface area contributed by atoms with E-state index in [0.29, 0.717) is 11.5 Å². The van der Waals surface area contributed by atoms with Crippen molar-refractivity contribution < 1.29 is 4.39 Å². The molecule has 1 rings (SSSR count). The summed E-state index contributed by atoms with van der Waals surface area (Å²) >= 11 is 0. The highest BCUT2D eigenvalue weighted by Crippen LogP contribution is 2.14. The molecule has 1 aromatic heterocycles. The molecule has 1 aromatic rings. The minimum atomic E-state index is -0.366. The SMILES string of the molecule is CC.Cc1cc(C(C)C)cnc1F. The van der Waals surface area contributed by atoms with Crippen LogP contribution in [0.5, 0.6) is 0 Å². The Morgan fingerprint density at radius 2 is 1.85 bits per heavy atom. The van der Waals surface area contributed by atoms with Gasteiger partial charge in [-0.05, 0) is 24.5 Å². The van der Waals surface area contributed by atoms with Gasteiger partial charge in [0.2, 0.25) is 5.95 Å². The molecule has 1 nitrogen and oxygen atoms in total. The highest BCUT2D eigenvalue weighted by atomic mass is 19.1. The molecule has 0 saturated heterocycles. The van der Waals surface area contributed by atoms with Gasteiger partial charge in [0.25, 0.3) is 0 Å². The average molecular weight is 183 g/mol. The molecule has 0 aromatic carbocycles. The summed E-state index contributed by atoms with van der Waals surface area (Å²) in [7, 11) is 0. The lowest BCUT2D eigenvalue weighted by Crippen LogP contribution is -1.93. The van der Waals surface area contributed by atoms with Gasteiger partial charge in [-0.2, -0.15) is 4.39 Å². The standard InChI is InChI=1S/C9H12FN.C2H6/c1-6(2)8-4-7(3)9(10)11-5-8;1-2/h4-6H,1-3H3;1-2H3. The fourth-order valence-electron chi connectivity index (χ4n) is 0.896. The van der Waals surface area contributed by atoms with E-state index >= 15 is 0 Å². The molecule has 0 fully saturated rings. The van der Waals surface area contributed by atoms with Crippen molar-refractivity contribution in [2.24, 2.45) is 0 Å². The molecule has 0 unspecified atom stereocenters. The maximum Gasteiger partial charge on any atom is 0.215 e. The van der Waals surface area contributed by atoms with Crippen molar-refractivity contribution in [1.29, 1.82) is 0 Å². The molecule has 0 bridgehead atoms. The minimum absolute atomic E-state index is 0.366. The largest absolute Gasteiger partial charge is 0.228 e. The average Bonchev–Trinajstić information content (AvgIpc) is 2.13. The van der Waals surface area contributed by atoms with Crippen LogP contribution >= 0.6 is 0 Å². The van der Waals surface area contributed by atoms with Gasteiger partial charge in [0.05, 0.1) is 0 Å². The number of hydrogen-bond donors (Lipinski definition) is 0. The fourth-order valence-corrected chi connectivity index (χ4v) is 0.896. The number of aryl methyl sites for hydroxylation is 1. The number of pyridine rings is 1. The van der Waals surface area contributed by atoms with E-state index in [9.17, 15) is 4.39 Å². The third-order valence-electron chi connectivity index (χ3n) is 1.70. The van der Waals surface area contributed by atoms with E-state index in [-0.39, 0.29) is 5.95 Å². The number of rotatable bonds is 1. The summed E-state index contributed by atoms with van der Waals surface area (Å²) < 4.78 is 12.7. The summed E-state index contributed by atoms with van der Waals surface area (Å²) in [6, 6.07) is 1.84. The first-order valence-corrected chi connectivity index (χ1v) is 4.73. The summed E-state index contributed by atoms with van der Waals surface area (Å²) in [5, 5.41) is 0. The third-order valence-corrected chi connectivity index (χ3v) is 1.70. The topological polar surface area (TPSA) is 12.9 Å². The predicted molar refractivity (Wildman–Crippen MR) is 54.4 cm³/mol. The van der Waals surface area contributed by atoms with Gasteiger partial charge in [-0.3, -0.25) is 0 Å². The van der Waals surface area contributed by atoms with Gasteiger partial charge in [0.15, 0.2) is 0 Å². The number of hydrogen-bond acceptors (Lipinski definition) is 1. The van der Waals surface area contributed by atoms with Crippen molar-refractivity contribution in [2.45, 2.75) is 40.5 Å². The van der Waals surface area contributed by atoms with Crippen LogP contribution in [0.2, 0.25) is 0 Å². The van der Waals surface area contributed by atoms with Gasteiger partial charge in [-0.15, -0.1) is 0 Å². The normalized spacial score (nSPS) is 9.46. The summed E-state index contributed by atoms with van der Waals surface area (Å²) in [6.07, 6.45) is 1.59. The first kappa shape index (κ1) is 12.1. The Bertz CT molecular complexity index is 256. The van der Waals surface area contributed by atoms with Crippen LogP contribution in [0.3, 0.4) is 0 Å². The second kappa shape index (κ2) is 5.68. The molecule has 0 amide bonds. The van der Waals surface area contributed by atoms with Crippen LogP contribution < -0.4 is 0 Å². The van der Waals surface area contributed by atoms with E-state index in [2.05, 4.69) is 18.8 Å². The molecular formula is C11H18FN. The summed E-state index contributed by atoms with van der Waals surface area (Å²) in [5.41, 5.74) is 1.71. The van der Waals surface area contributed by atoms with Crippen molar-refractivity contribution in [2.75, 3.05) is 0 Å². The Balaban J connectivity index is 0.000000671. The Morgan fingerprint density at radius 1 is 1.31 bits per heavy atom. The molecule has 0 aliphatic rings. The second-order valence-corrected chi connectivity index (χ2v) is 3.03. The maximum atomic E-state index is 12.7.